The molecule has 0 atom stereocenters. The van der Waals surface area contributed by atoms with E-state index in [-0.39, 0.29) is 18.3 Å². The third-order valence-electron chi connectivity index (χ3n) is 2.75. The molecule has 2 rings (SSSR count). The van der Waals surface area contributed by atoms with Gasteiger partial charge in [-0.2, -0.15) is 4.68 Å². The SMILES string of the molecule is COc1ccc(C)cc1NC(=O)Cn1ccc([N+](=O)[O-])n1. The Labute approximate surface area is 120 Å². The van der Waals surface area contributed by atoms with E-state index in [1.807, 2.05) is 13.0 Å². The average Bonchev–Trinajstić information content (AvgIpc) is 2.87. The lowest BCUT2D eigenvalue weighted by molar-refractivity contribution is -0.389. The van der Waals surface area contributed by atoms with Crippen LogP contribution in [0.25, 0.3) is 0 Å². The number of aromatic nitrogens is 2. The summed E-state index contributed by atoms with van der Waals surface area (Å²) in [5.74, 6) is -0.103. The van der Waals surface area contributed by atoms with Crippen LogP contribution in [0.4, 0.5) is 11.5 Å². The van der Waals surface area contributed by atoms with Crippen LogP contribution in [0.15, 0.2) is 30.5 Å². The highest BCUT2D eigenvalue weighted by atomic mass is 16.6. The minimum absolute atomic E-state index is 0.120. The summed E-state index contributed by atoms with van der Waals surface area (Å²) in [7, 11) is 1.51. The van der Waals surface area contributed by atoms with Crippen LogP contribution in [0.3, 0.4) is 0 Å². The van der Waals surface area contributed by atoms with Gasteiger partial charge in [0.1, 0.15) is 12.3 Å². The number of nitrogens with zero attached hydrogens (tertiary/aromatic N) is 3. The summed E-state index contributed by atoms with van der Waals surface area (Å²) in [5.41, 5.74) is 1.52. The quantitative estimate of drug-likeness (QED) is 0.668. The molecule has 0 spiro atoms. The Morgan fingerprint density at radius 1 is 1.48 bits per heavy atom. The van der Waals surface area contributed by atoms with Crippen molar-refractivity contribution in [3.05, 3.63) is 46.1 Å². The minimum atomic E-state index is -0.613. The Morgan fingerprint density at radius 3 is 2.86 bits per heavy atom. The van der Waals surface area contributed by atoms with Gasteiger partial charge in [-0.25, -0.2) is 0 Å². The molecule has 8 nitrogen and oxygen atoms in total. The molecule has 21 heavy (non-hydrogen) atoms. The number of aryl methyl sites for hydroxylation is 1. The van der Waals surface area contributed by atoms with Gasteiger partial charge in [-0.15, -0.1) is 0 Å². The summed E-state index contributed by atoms with van der Waals surface area (Å²) in [6, 6.07) is 6.64. The number of nitro groups is 1. The first-order chi connectivity index (χ1) is 9.99. The van der Waals surface area contributed by atoms with Crippen LogP contribution in [0, 0.1) is 17.0 Å². The Kier molecular flexibility index (Phi) is 4.17. The molecule has 0 saturated heterocycles. The van der Waals surface area contributed by atoms with E-state index in [1.54, 1.807) is 12.1 Å². The summed E-state index contributed by atoms with van der Waals surface area (Å²) in [6.45, 7) is 1.77. The smallest absolute Gasteiger partial charge is 0.389 e. The molecule has 1 N–H and O–H groups in total. The molecular formula is C13H14N4O4. The van der Waals surface area contributed by atoms with Gasteiger partial charge in [-0.05, 0) is 29.5 Å². The lowest BCUT2D eigenvalue weighted by atomic mass is 10.2. The Balaban J connectivity index is 2.07. The monoisotopic (exact) mass is 290 g/mol. The van der Waals surface area contributed by atoms with Gasteiger partial charge in [0.25, 0.3) is 0 Å². The van der Waals surface area contributed by atoms with E-state index < -0.39 is 4.92 Å². The van der Waals surface area contributed by atoms with Crippen LogP contribution in [0.5, 0.6) is 5.75 Å². The fourth-order valence-electron chi connectivity index (χ4n) is 1.79. The Bertz CT molecular complexity index is 681. The maximum atomic E-state index is 11.9. The number of carbonyl (C=O) groups excluding carboxylic acids is 1. The van der Waals surface area contributed by atoms with Gasteiger partial charge < -0.3 is 20.2 Å². The van der Waals surface area contributed by atoms with Crippen LogP contribution in [0.1, 0.15) is 5.56 Å². The van der Waals surface area contributed by atoms with E-state index in [2.05, 4.69) is 10.4 Å². The van der Waals surface area contributed by atoms with Gasteiger partial charge >= 0.3 is 5.82 Å². The summed E-state index contributed by atoms with van der Waals surface area (Å²) < 4.78 is 6.36. The second-order valence-electron chi connectivity index (χ2n) is 4.38. The number of hydrogen-bond donors (Lipinski definition) is 1. The molecule has 0 aliphatic heterocycles. The summed E-state index contributed by atoms with van der Waals surface area (Å²) in [4.78, 5) is 21.9. The molecule has 1 amide bonds. The van der Waals surface area contributed by atoms with E-state index in [9.17, 15) is 14.9 Å². The number of ether oxygens (including phenoxy) is 1. The lowest BCUT2D eigenvalue weighted by Crippen LogP contribution is -2.19. The van der Waals surface area contributed by atoms with Crippen molar-refractivity contribution < 1.29 is 14.5 Å². The standard InChI is InChI=1S/C13H14N4O4/c1-9-3-4-11(21-2)10(7-9)14-13(18)8-16-6-5-12(15-16)17(19)20/h3-7H,8H2,1-2H3,(H,14,18). The molecule has 0 aliphatic carbocycles. The number of amides is 1. The van der Waals surface area contributed by atoms with Crippen molar-refractivity contribution in [3.63, 3.8) is 0 Å². The van der Waals surface area contributed by atoms with Crippen molar-refractivity contribution in [1.29, 1.82) is 0 Å². The molecular weight excluding hydrogens is 276 g/mol. The van der Waals surface area contributed by atoms with E-state index in [0.29, 0.717) is 11.4 Å². The first kappa shape index (κ1) is 14.5. The zero-order valence-electron chi connectivity index (χ0n) is 11.6. The number of anilines is 1. The van der Waals surface area contributed by atoms with Crippen molar-refractivity contribution >= 4 is 17.4 Å². The van der Waals surface area contributed by atoms with E-state index in [1.165, 1.54) is 24.1 Å². The molecule has 2 aromatic rings. The molecule has 110 valence electrons. The zero-order valence-corrected chi connectivity index (χ0v) is 11.6. The summed E-state index contributed by atoms with van der Waals surface area (Å²) in [6.07, 6.45) is 1.38. The number of rotatable bonds is 5. The highest BCUT2D eigenvalue weighted by molar-refractivity contribution is 5.92. The third-order valence-corrected chi connectivity index (χ3v) is 2.75. The zero-order chi connectivity index (χ0) is 15.4. The lowest BCUT2D eigenvalue weighted by Gasteiger charge is -2.10. The second kappa shape index (κ2) is 6.04. The fraction of sp³-hybridized carbons (Fsp3) is 0.231. The number of methoxy groups -OCH3 is 1. The average molecular weight is 290 g/mol. The van der Waals surface area contributed by atoms with Gasteiger partial charge in [0.05, 0.1) is 30.2 Å². The topological polar surface area (TPSA) is 99.3 Å². The highest BCUT2D eigenvalue weighted by Gasteiger charge is 2.14. The maximum absolute atomic E-state index is 11.9. The van der Waals surface area contributed by atoms with Crippen LogP contribution in [-0.4, -0.2) is 27.7 Å². The minimum Gasteiger partial charge on any atom is -0.495 e. The van der Waals surface area contributed by atoms with Crippen molar-refractivity contribution in [2.75, 3.05) is 12.4 Å². The van der Waals surface area contributed by atoms with Gasteiger partial charge in [-0.3, -0.25) is 4.79 Å². The molecule has 0 bridgehead atoms. The van der Waals surface area contributed by atoms with Crippen molar-refractivity contribution in [2.45, 2.75) is 13.5 Å². The normalized spacial score (nSPS) is 10.2. The van der Waals surface area contributed by atoms with Crippen LogP contribution < -0.4 is 10.1 Å². The third kappa shape index (κ3) is 3.56. The predicted octanol–water partition coefficient (Wildman–Crippen LogP) is 1.75. The number of benzene rings is 1. The van der Waals surface area contributed by atoms with E-state index >= 15 is 0 Å². The number of carbonyl (C=O) groups is 1. The Hall–Kier alpha value is -2.90. The highest BCUT2D eigenvalue weighted by Crippen LogP contribution is 2.25. The van der Waals surface area contributed by atoms with Crippen molar-refractivity contribution in [2.24, 2.45) is 0 Å². The van der Waals surface area contributed by atoms with Gasteiger partial charge in [-0.1, -0.05) is 6.07 Å². The fourth-order valence-corrected chi connectivity index (χ4v) is 1.79. The molecule has 0 unspecified atom stereocenters. The first-order valence-electron chi connectivity index (χ1n) is 6.12. The van der Waals surface area contributed by atoms with Crippen LogP contribution in [-0.2, 0) is 11.3 Å². The Morgan fingerprint density at radius 2 is 2.24 bits per heavy atom. The summed E-state index contributed by atoms with van der Waals surface area (Å²) in [5, 5.41) is 16.9. The van der Waals surface area contributed by atoms with Gasteiger partial charge in [0.15, 0.2) is 0 Å². The molecule has 0 aliphatic rings. The summed E-state index contributed by atoms with van der Waals surface area (Å²) >= 11 is 0. The molecule has 1 heterocycles. The first-order valence-corrected chi connectivity index (χ1v) is 6.12. The molecule has 0 fully saturated rings. The van der Waals surface area contributed by atoms with Gasteiger partial charge in [0, 0.05) is 0 Å². The van der Waals surface area contributed by atoms with Crippen LogP contribution in [0.2, 0.25) is 0 Å². The van der Waals surface area contributed by atoms with E-state index in [0.717, 1.165) is 5.56 Å². The largest absolute Gasteiger partial charge is 0.495 e. The number of hydrogen-bond acceptors (Lipinski definition) is 5. The molecule has 8 heteroatoms. The molecule has 0 saturated carbocycles. The maximum Gasteiger partial charge on any atom is 0.389 e. The van der Waals surface area contributed by atoms with Crippen LogP contribution >= 0.6 is 0 Å². The second-order valence-corrected chi connectivity index (χ2v) is 4.38. The van der Waals surface area contributed by atoms with Crippen molar-refractivity contribution in [3.8, 4) is 5.75 Å². The molecule has 1 aromatic carbocycles. The van der Waals surface area contributed by atoms with E-state index in [4.69, 9.17) is 4.74 Å². The van der Waals surface area contributed by atoms with Gasteiger partial charge in [0.2, 0.25) is 5.91 Å². The molecule has 1 aromatic heterocycles. The van der Waals surface area contributed by atoms with Crippen molar-refractivity contribution in [1.82, 2.24) is 9.78 Å². The number of nitrogens with one attached hydrogen (secondary N) is 1. The predicted molar refractivity (Wildman–Crippen MR) is 75.2 cm³/mol. The molecule has 0 radical (unpaired) electrons.